The maximum Gasteiger partial charge on any atom is 0.280 e. The van der Waals surface area contributed by atoms with Gasteiger partial charge in [0.1, 0.15) is 16.2 Å². The molecule has 1 heterocycles. The Morgan fingerprint density at radius 1 is 0.969 bits per heavy atom. The summed E-state index contributed by atoms with van der Waals surface area (Å²) in [6.45, 7) is 0. The van der Waals surface area contributed by atoms with Crippen molar-refractivity contribution < 1.29 is 17.9 Å². The Balaban J connectivity index is 1.62. The molecule has 0 bridgehead atoms. The number of anilines is 1. The number of rotatable bonds is 6. The van der Waals surface area contributed by atoms with Gasteiger partial charge in [-0.25, -0.2) is 8.42 Å². The van der Waals surface area contributed by atoms with Crippen LogP contribution in [0.3, 0.4) is 0 Å². The van der Waals surface area contributed by atoms with E-state index in [4.69, 9.17) is 55.9 Å². The van der Waals surface area contributed by atoms with Crippen LogP contribution in [0.25, 0.3) is 10.2 Å². The van der Waals surface area contributed by atoms with E-state index in [1.54, 1.807) is 13.2 Å². The normalized spacial score (nSPS) is 11.5. The SMILES string of the molecule is COc1cccc2sc(Oc3c(Cl)cc(NS(=O)(=O)c4ccc(Cl)cc4Cl)cc3Cl)nc12. The molecule has 0 atom stereocenters. The number of methoxy groups -OCH3 is 1. The summed E-state index contributed by atoms with van der Waals surface area (Å²) in [4.78, 5) is 4.28. The zero-order valence-corrected chi connectivity index (χ0v) is 20.7. The van der Waals surface area contributed by atoms with Gasteiger partial charge < -0.3 is 9.47 Å². The van der Waals surface area contributed by atoms with Crippen LogP contribution in [0.15, 0.2) is 53.4 Å². The summed E-state index contributed by atoms with van der Waals surface area (Å²) in [7, 11) is -2.46. The van der Waals surface area contributed by atoms with Gasteiger partial charge in [-0.2, -0.15) is 4.98 Å². The van der Waals surface area contributed by atoms with Crippen molar-refractivity contribution in [1.29, 1.82) is 0 Å². The molecule has 0 amide bonds. The van der Waals surface area contributed by atoms with Crippen molar-refractivity contribution in [1.82, 2.24) is 4.98 Å². The van der Waals surface area contributed by atoms with Gasteiger partial charge in [0.25, 0.3) is 15.2 Å². The molecule has 0 aliphatic carbocycles. The molecular formula is C20H12Cl4N2O4S2. The fourth-order valence-corrected chi connectivity index (χ4v) is 6.04. The minimum atomic E-state index is -4.01. The number of aromatic nitrogens is 1. The van der Waals surface area contributed by atoms with Crippen LogP contribution >= 0.6 is 57.7 Å². The van der Waals surface area contributed by atoms with Crippen molar-refractivity contribution in [3.63, 3.8) is 0 Å². The quantitative estimate of drug-likeness (QED) is 0.269. The molecular weight excluding hydrogens is 538 g/mol. The van der Waals surface area contributed by atoms with Crippen molar-refractivity contribution in [3.05, 3.63) is 68.6 Å². The molecule has 0 unspecified atom stereocenters. The number of thiazole rings is 1. The lowest BCUT2D eigenvalue weighted by atomic mass is 10.3. The zero-order valence-electron chi connectivity index (χ0n) is 16.0. The number of hydrogen-bond donors (Lipinski definition) is 1. The summed E-state index contributed by atoms with van der Waals surface area (Å²) in [6, 6.07) is 12.3. The molecule has 32 heavy (non-hydrogen) atoms. The lowest BCUT2D eigenvalue weighted by molar-refractivity contribution is 0.418. The predicted molar refractivity (Wildman–Crippen MR) is 130 cm³/mol. The number of nitrogens with zero attached hydrogens (tertiary/aromatic N) is 1. The Morgan fingerprint density at radius 3 is 2.34 bits per heavy atom. The van der Waals surface area contributed by atoms with Gasteiger partial charge in [0.2, 0.25) is 0 Å². The maximum atomic E-state index is 12.7. The van der Waals surface area contributed by atoms with E-state index >= 15 is 0 Å². The second-order valence-electron chi connectivity index (χ2n) is 6.34. The van der Waals surface area contributed by atoms with E-state index in [0.717, 1.165) is 4.70 Å². The molecule has 4 aromatic rings. The van der Waals surface area contributed by atoms with Crippen molar-refractivity contribution in [3.8, 4) is 16.7 Å². The molecule has 0 aliphatic rings. The molecule has 4 rings (SSSR count). The highest BCUT2D eigenvalue weighted by Gasteiger charge is 2.21. The van der Waals surface area contributed by atoms with Crippen LogP contribution in [0.4, 0.5) is 5.69 Å². The molecule has 166 valence electrons. The van der Waals surface area contributed by atoms with Crippen molar-refractivity contribution in [2.75, 3.05) is 11.8 Å². The number of para-hydroxylation sites is 1. The smallest absolute Gasteiger partial charge is 0.280 e. The fourth-order valence-electron chi connectivity index (χ4n) is 2.82. The lowest BCUT2D eigenvalue weighted by Crippen LogP contribution is -2.13. The summed E-state index contributed by atoms with van der Waals surface area (Å²) in [5, 5.41) is 0.768. The first-order valence-corrected chi connectivity index (χ1v) is 12.6. The Kier molecular flexibility index (Phi) is 6.63. The Bertz CT molecular complexity index is 1420. The van der Waals surface area contributed by atoms with E-state index in [1.165, 1.54) is 41.7 Å². The average Bonchev–Trinajstić information content (AvgIpc) is 3.13. The van der Waals surface area contributed by atoms with E-state index in [1.807, 2.05) is 12.1 Å². The summed E-state index contributed by atoms with van der Waals surface area (Å²) in [5.41, 5.74) is 0.774. The molecule has 12 heteroatoms. The first-order valence-electron chi connectivity index (χ1n) is 8.76. The number of halogens is 4. The van der Waals surface area contributed by atoms with Crippen molar-refractivity contribution in [2.45, 2.75) is 4.90 Å². The molecule has 0 spiro atoms. The third-order valence-corrected chi connectivity index (χ3v) is 7.76. The number of hydrogen-bond acceptors (Lipinski definition) is 6. The van der Waals surface area contributed by atoms with Crippen LogP contribution in [0.1, 0.15) is 0 Å². The maximum absolute atomic E-state index is 12.7. The second-order valence-corrected chi connectivity index (χ2v) is 10.6. The molecule has 0 radical (unpaired) electrons. The average molecular weight is 550 g/mol. The number of fused-ring (bicyclic) bond motifs is 1. The minimum Gasteiger partial charge on any atom is -0.494 e. The van der Waals surface area contributed by atoms with Crippen LogP contribution in [0.2, 0.25) is 20.1 Å². The van der Waals surface area contributed by atoms with Crippen molar-refractivity contribution >= 4 is 83.7 Å². The molecule has 0 saturated carbocycles. The first kappa shape index (κ1) is 23.2. The summed E-state index contributed by atoms with van der Waals surface area (Å²) in [5.74, 6) is 0.746. The van der Waals surface area contributed by atoms with Gasteiger partial charge in [0, 0.05) is 5.02 Å². The molecule has 0 aliphatic heterocycles. The second kappa shape index (κ2) is 9.13. The zero-order chi connectivity index (χ0) is 23.0. The third-order valence-electron chi connectivity index (χ3n) is 4.21. The number of ether oxygens (including phenoxy) is 2. The van der Waals surface area contributed by atoms with Crippen molar-refractivity contribution in [2.24, 2.45) is 0 Å². The first-order chi connectivity index (χ1) is 15.2. The highest BCUT2D eigenvalue weighted by molar-refractivity contribution is 7.92. The summed E-state index contributed by atoms with van der Waals surface area (Å²) < 4.78 is 39.8. The van der Waals surface area contributed by atoms with E-state index in [-0.39, 0.29) is 31.4 Å². The van der Waals surface area contributed by atoms with Crippen LogP contribution < -0.4 is 14.2 Å². The van der Waals surface area contributed by atoms with Crippen LogP contribution in [-0.4, -0.2) is 20.5 Å². The Labute approximate surface area is 207 Å². The summed E-state index contributed by atoms with van der Waals surface area (Å²) in [6.07, 6.45) is 0. The van der Waals surface area contributed by atoms with E-state index < -0.39 is 10.0 Å². The van der Waals surface area contributed by atoms with E-state index in [0.29, 0.717) is 21.5 Å². The van der Waals surface area contributed by atoms with E-state index in [2.05, 4.69) is 9.71 Å². The Morgan fingerprint density at radius 2 is 1.69 bits per heavy atom. The van der Waals surface area contributed by atoms with E-state index in [9.17, 15) is 8.42 Å². The van der Waals surface area contributed by atoms with Gasteiger partial charge in [0.05, 0.1) is 32.6 Å². The number of nitrogens with one attached hydrogen (secondary N) is 1. The predicted octanol–water partition coefficient (Wildman–Crippen LogP) is 7.51. The third kappa shape index (κ3) is 4.71. The summed E-state index contributed by atoms with van der Waals surface area (Å²) >= 11 is 25.8. The lowest BCUT2D eigenvalue weighted by Gasteiger charge is -2.13. The van der Waals surface area contributed by atoms with Gasteiger partial charge >= 0.3 is 0 Å². The minimum absolute atomic E-state index is 0.0200. The largest absolute Gasteiger partial charge is 0.494 e. The highest BCUT2D eigenvalue weighted by atomic mass is 35.5. The fraction of sp³-hybridized carbons (Fsp3) is 0.0500. The van der Waals surface area contributed by atoms with Gasteiger partial charge in [-0.1, -0.05) is 63.8 Å². The number of benzene rings is 3. The molecule has 6 nitrogen and oxygen atoms in total. The van der Waals surface area contributed by atoms with Gasteiger partial charge in [-0.05, 0) is 42.5 Å². The monoisotopic (exact) mass is 548 g/mol. The Hall–Kier alpha value is -1.94. The molecule has 3 aromatic carbocycles. The van der Waals surface area contributed by atoms with Crippen LogP contribution in [-0.2, 0) is 10.0 Å². The molecule has 0 fully saturated rings. The van der Waals surface area contributed by atoms with Gasteiger partial charge in [-0.3, -0.25) is 4.72 Å². The van der Waals surface area contributed by atoms with Crippen LogP contribution in [0.5, 0.6) is 16.7 Å². The molecule has 0 saturated heterocycles. The van der Waals surface area contributed by atoms with Gasteiger partial charge in [-0.15, -0.1) is 0 Å². The van der Waals surface area contributed by atoms with Gasteiger partial charge in [0.15, 0.2) is 5.75 Å². The standard InChI is InChI=1S/C20H12Cl4N2O4S2/c1-29-15-3-2-4-16-18(15)25-20(31-16)30-19-13(23)8-11(9-14(19)24)26-32(27,28)17-6-5-10(21)7-12(17)22/h2-9,26H,1H3. The molecule has 1 N–H and O–H groups in total. The molecule has 1 aromatic heterocycles. The highest BCUT2D eigenvalue weighted by Crippen LogP contribution is 2.42. The topological polar surface area (TPSA) is 77.5 Å². The number of sulfonamides is 1. The van der Waals surface area contributed by atoms with Crippen LogP contribution in [0, 0.1) is 0 Å².